The van der Waals surface area contributed by atoms with Crippen molar-refractivity contribution in [1.29, 1.82) is 0 Å². The Morgan fingerprint density at radius 1 is 1.42 bits per heavy atom. The lowest BCUT2D eigenvalue weighted by Crippen LogP contribution is -2.44. The topological polar surface area (TPSA) is 42.4 Å². The largest absolute Gasteiger partial charge is 0.487 e. The zero-order valence-corrected chi connectivity index (χ0v) is 14.1. The van der Waals surface area contributed by atoms with E-state index in [1.165, 1.54) is 12.3 Å². The number of halogens is 2. The number of benzene rings is 1. The van der Waals surface area contributed by atoms with Crippen LogP contribution >= 0.6 is 11.6 Å². The van der Waals surface area contributed by atoms with Crippen molar-refractivity contribution in [3.05, 3.63) is 58.6 Å². The maximum Gasteiger partial charge on any atom is 0.254 e. The first kappa shape index (κ1) is 16.7. The second-order valence-corrected chi connectivity index (χ2v) is 6.31. The van der Waals surface area contributed by atoms with E-state index in [0.717, 1.165) is 12.8 Å². The number of likely N-dealkylation sites (tertiary alicyclic amines) is 1. The summed E-state index contributed by atoms with van der Waals surface area (Å²) in [5.41, 5.74) is 0.888. The Bertz CT molecular complexity index is 754. The molecule has 0 N–H and O–H groups in total. The summed E-state index contributed by atoms with van der Waals surface area (Å²) in [4.78, 5) is 18.2. The number of amides is 1. The number of aryl methyl sites for hydroxylation is 1. The second-order valence-electron chi connectivity index (χ2n) is 5.90. The fourth-order valence-electron chi connectivity index (χ4n) is 2.76. The molecule has 1 amide bonds. The normalized spacial score (nSPS) is 17.6. The molecule has 2 aromatic rings. The van der Waals surface area contributed by atoms with Crippen LogP contribution in [-0.4, -0.2) is 35.0 Å². The van der Waals surface area contributed by atoms with Gasteiger partial charge < -0.3 is 9.64 Å². The van der Waals surface area contributed by atoms with Crippen LogP contribution in [0.5, 0.6) is 5.75 Å². The molecule has 1 aromatic heterocycles. The summed E-state index contributed by atoms with van der Waals surface area (Å²) in [6, 6.07) is 6.28. The Labute approximate surface area is 145 Å². The number of ether oxygens (including phenoxy) is 1. The molecule has 0 aliphatic carbocycles. The maximum atomic E-state index is 13.7. The molecule has 0 saturated carbocycles. The highest BCUT2D eigenvalue weighted by Crippen LogP contribution is 2.26. The average Bonchev–Trinajstić information content (AvgIpc) is 2.59. The third kappa shape index (κ3) is 3.67. The van der Waals surface area contributed by atoms with Gasteiger partial charge in [0.05, 0.1) is 6.54 Å². The van der Waals surface area contributed by atoms with E-state index in [9.17, 15) is 9.18 Å². The van der Waals surface area contributed by atoms with Crippen molar-refractivity contribution in [2.75, 3.05) is 13.1 Å². The van der Waals surface area contributed by atoms with E-state index in [-0.39, 0.29) is 17.8 Å². The highest BCUT2D eigenvalue weighted by Gasteiger charge is 2.26. The van der Waals surface area contributed by atoms with Crippen molar-refractivity contribution >= 4 is 17.5 Å². The molecule has 1 atom stereocenters. The van der Waals surface area contributed by atoms with Crippen molar-refractivity contribution in [3.63, 3.8) is 0 Å². The number of aromatic nitrogens is 1. The highest BCUT2D eigenvalue weighted by atomic mass is 35.5. The average molecular weight is 349 g/mol. The fourth-order valence-corrected chi connectivity index (χ4v) is 2.93. The molecule has 2 heterocycles. The van der Waals surface area contributed by atoms with Crippen molar-refractivity contribution in [2.45, 2.75) is 25.9 Å². The van der Waals surface area contributed by atoms with Gasteiger partial charge in [0.15, 0.2) is 0 Å². The summed E-state index contributed by atoms with van der Waals surface area (Å²) in [6.07, 6.45) is 4.66. The summed E-state index contributed by atoms with van der Waals surface area (Å²) in [7, 11) is 0. The van der Waals surface area contributed by atoms with E-state index in [1.54, 1.807) is 36.2 Å². The van der Waals surface area contributed by atoms with E-state index in [1.807, 2.05) is 0 Å². The third-order valence-electron chi connectivity index (χ3n) is 4.11. The van der Waals surface area contributed by atoms with E-state index < -0.39 is 0 Å². The first-order valence-electron chi connectivity index (χ1n) is 7.86. The number of carbonyl (C=O) groups is 1. The molecule has 0 bridgehead atoms. The van der Waals surface area contributed by atoms with Crippen molar-refractivity contribution in [3.8, 4) is 5.75 Å². The molecule has 24 heavy (non-hydrogen) atoms. The molecule has 1 fully saturated rings. The first-order valence-corrected chi connectivity index (χ1v) is 8.24. The molecule has 1 aliphatic heterocycles. The molecule has 4 nitrogen and oxygen atoms in total. The van der Waals surface area contributed by atoms with Crippen LogP contribution in [0.3, 0.4) is 0 Å². The van der Waals surface area contributed by atoms with Crippen LogP contribution in [0.4, 0.5) is 4.39 Å². The van der Waals surface area contributed by atoms with Gasteiger partial charge in [0, 0.05) is 30.6 Å². The molecular weight excluding hydrogens is 331 g/mol. The highest BCUT2D eigenvalue weighted by molar-refractivity contribution is 6.31. The minimum Gasteiger partial charge on any atom is -0.487 e. The number of hydrogen-bond donors (Lipinski definition) is 0. The van der Waals surface area contributed by atoms with Crippen molar-refractivity contribution in [2.24, 2.45) is 0 Å². The van der Waals surface area contributed by atoms with Crippen LogP contribution in [0, 0.1) is 12.7 Å². The molecule has 1 unspecified atom stereocenters. The Morgan fingerprint density at radius 3 is 3.00 bits per heavy atom. The fraction of sp³-hybridized carbons (Fsp3) is 0.333. The van der Waals surface area contributed by atoms with Crippen LogP contribution in [0.15, 0.2) is 36.7 Å². The van der Waals surface area contributed by atoms with Gasteiger partial charge in [-0.15, -0.1) is 0 Å². The molecule has 0 radical (unpaired) electrons. The molecule has 126 valence electrons. The summed E-state index contributed by atoms with van der Waals surface area (Å²) in [5, 5.41) is 0.446. The third-order valence-corrected chi connectivity index (χ3v) is 4.40. The van der Waals surface area contributed by atoms with Gasteiger partial charge in [-0.1, -0.05) is 17.7 Å². The predicted octanol–water partition coefficient (Wildman–Crippen LogP) is 3.87. The minimum atomic E-state index is -0.366. The standard InChI is InChI=1S/C18H18ClFN2O2/c1-12-4-5-13(9-16(12)20)18(23)22-8-2-3-14(11-22)24-17-6-7-21-10-15(17)19/h4-7,9-10,14H,2-3,8,11H2,1H3. The Morgan fingerprint density at radius 2 is 2.25 bits per heavy atom. The second kappa shape index (κ2) is 7.18. The number of nitrogens with zero attached hydrogens (tertiary/aromatic N) is 2. The molecule has 1 saturated heterocycles. The number of piperidine rings is 1. The van der Waals surface area contributed by atoms with Gasteiger partial charge in [-0.3, -0.25) is 9.78 Å². The van der Waals surface area contributed by atoms with Crippen LogP contribution < -0.4 is 4.74 Å². The Hall–Kier alpha value is -2.14. The monoisotopic (exact) mass is 348 g/mol. The summed E-state index contributed by atoms with van der Waals surface area (Å²) >= 11 is 6.06. The van der Waals surface area contributed by atoms with E-state index in [2.05, 4.69) is 4.98 Å². The van der Waals surface area contributed by atoms with E-state index in [0.29, 0.717) is 35.0 Å². The molecule has 0 spiro atoms. The van der Waals surface area contributed by atoms with Gasteiger partial charge in [-0.25, -0.2) is 4.39 Å². The van der Waals surface area contributed by atoms with Gasteiger partial charge in [0.25, 0.3) is 5.91 Å². The maximum absolute atomic E-state index is 13.7. The molecule has 3 rings (SSSR count). The lowest BCUT2D eigenvalue weighted by Gasteiger charge is -2.33. The first-order chi connectivity index (χ1) is 11.5. The van der Waals surface area contributed by atoms with E-state index >= 15 is 0 Å². The molecule has 6 heteroatoms. The molecule has 1 aliphatic rings. The van der Waals surface area contributed by atoms with Gasteiger partial charge >= 0.3 is 0 Å². The van der Waals surface area contributed by atoms with Crippen LogP contribution in [0.1, 0.15) is 28.8 Å². The van der Waals surface area contributed by atoms with Crippen LogP contribution in [-0.2, 0) is 0 Å². The number of hydrogen-bond acceptors (Lipinski definition) is 3. The number of rotatable bonds is 3. The zero-order chi connectivity index (χ0) is 17.1. The predicted molar refractivity (Wildman–Crippen MR) is 89.9 cm³/mol. The lowest BCUT2D eigenvalue weighted by molar-refractivity contribution is 0.0537. The van der Waals surface area contributed by atoms with Crippen molar-refractivity contribution < 1.29 is 13.9 Å². The van der Waals surface area contributed by atoms with Crippen LogP contribution in [0.25, 0.3) is 0 Å². The molecular formula is C18H18ClFN2O2. The van der Waals surface area contributed by atoms with Gasteiger partial charge in [-0.2, -0.15) is 0 Å². The SMILES string of the molecule is Cc1ccc(C(=O)N2CCCC(Oc3ccncc3Cl)C2)cc1F. The Kier molecular flexibility index (Phi) is 5.00. The summed E-state index contributed by atoms with van der Waals surface area (Å²) in [5.74, 6) is 0.0181. The smallest absolute Gasteiger partial charge is 0.254 e. The zero-order valence-electron chi connectivity index (χ0n) is 13.3. The van der Waals surface area contributed by atoms with Gasteiger partial charge in [0.1, 0.15) is 22.7 Å². The summed E-state index contributed by atoms with van der Waals surface area (Å²) in [6.45, 7) is 2.76. The van der Waals surface area contributed by atoms with Crippen molar-refractivity contribution in [1.82, 2.24) is 9.88 Å². The summed E-state index contributed by atoms with van der Waals surface area (Å²) < 4.78 is 19.6. The quantitative estimate of drug-likeness (QED) is 0.845. The van der Waals surface area contributed by atoms with Gasteiger partial charge in [-0.05, 0) is 37.5 Å². The van der Waals surface area contributed by atoms with Crippen LogP contribution in [0.2, 0.25) is 5.02 Å². The van der Waals surface area contributed by atoms with Gasteiger partial charge in [0.2, 0.25) is 0 Å². The lowest BCUT2D eigenvalue weighted by atomic mass is 10.1. The molecule has 1 aromatic carbocycles. The number of carbonyl (C=O) groups excluding carboxylic acids is 1. The Balaban J connectivity index is 1.69. The number of pyridine rings is 1. The van der Waals surface area contributed by atoms with E-state index in [4.69, 9.17) is 16.3 Å². The minimum absolute atomic E-state index is 0.141.